The van der Waals surface area contributed by atoms with E-state index in [-0.39, 0.29) is 11.7 Å². The average Bonchev–Trinajstić information content (AvgIpc) is 2.47. The second-order valence-electron chi connectivity index (χ2n) is 4.29. The third-order valence-corrected chi connectivity index (χ3v) is 3.15. The summed E-state index contributed by atoms with van der Waals surface area (Å²) in [6.07, 6.45) is 4.26. The molecule has 86 valence electrons. The van der Waals surface area contributed by atoms with E-state index in [0.29, 0.717) is 12.0 Å². The van der Waals surface area contributed by atoms with E-state index >= 15 is 0 Å². The molecule has 0 saturated heterocycles. The highest BCUT2D eigenvalue weighted by Crippen LogP contribution is 2.29. The van der Waals surface area contributed by atoms with Gasteiger partial charge in [0.15, 0.2) is 11.6 Å². The Bertz CT molecular complexity index is 401. The fourth-order valence-corrected chi connectivity index (χ4v) is 2.24. The van der Waals surface area contributed by atoms with Crippen LogP contribution in [-0.2, 0) is 4.79 Å². The van der Waals surface area contributed by atoms with Gasteiger partial charge in [-0.3, -0.25) is 4.79 Å². The van der Waals surface area contributed by atoms with Crippen LogP contribution in [0.3, 0.4) is 0 Å². The highest BCUT2D eigenvalue weighted by molar-refractivity contribution is 5.85. The van der Waals surface area contributed by atoms with E-state index < -0.39 is 11.6 Å². The maximum Gasteiger partial charge on any atom is 0.159 e. The van der Waals surface area contributed by atoms with E-state index in [9.17, 15) is 13.6 Å². The molecule has 1 aliphatic rings. The van der Waals surface area contributed by atoms with Crippen LogP contribution in [0.25, 0.3) is 0 Å². The molecule has 1 aliphatic carbocycles. The molecular weight excluding hydrogens is 210 g/mol. The Kier molecular flexibility index (Phi) is 3.32. The minimum absolute atomic E-state index is 0.156. The molecule has 1 fully saturated rings. The molecule has 0 bridgehead atoms. The molecule has 1 nitrogen and oxygen atoms in total. The number of rotatable bonds is 1. The van der Waals surface area contributed by atoms with E-state index in [1.54, 1.807) is 0 Å². The number of carbonyl (C=O) groups is 1. The van der Waals surface area contributed by atoms with Crippen LogP contribution in [0.15, 0.2) is 18.2 Å². The first-order chi connectivity index (χ1) is 7.68. The molecule has 1 unspecified atom stereocenters. The van der Waals surface area contributed by atoms with Crippen molar-refractivity contribution < 1.29 is 13.6 Å². The molecule has 0 aliphatic heterocycles. The lowest BCUT2D eigenvalue weighted by Crippen LogP contribution is -2.10. The van der Waals surface area contributed by atoms with Gasteiger partial charge in [-0.05, 0) is 30.5 Å². The Morgan fingerprint density at radius 2 is 1.88 bits per heavy atom. The predicted molar refractivity (Wildman–Crippen MR) is 57.2 cm³/mol. The first-order valence-electron chi connectivity index (χ1n) is 5.66. The summed E-state index contributed by atoms with van der Waals surface area (Å²) in [5.74, 6) is -1.81. The highest BCUT2D eigenvalue weighted by Gasteiger charge is 2.23. The van der Waals surface area contributed by atoms with Gasteiger partial charge in [0.05, 0.1) is 0 Å². The van der Waals surface area contributed by atoms with Gasteiger partial charge in [-0.1, -0.05) is 18.9 Å². The van der Waals surface area contributed by atoms with Crippen molar-refractivity contribution in [2.75, 3.05) is 0 Å². The van der Waals surface area contributed by atoms with Crippen molar-refractivity contribution in [3.8, 4) is 0 Å². The smallest absolute Gasteiger partial charge is 0.159 e. The van der Waals surface area contributed by atoms with Crippen molar-refractivity contribution >= 4 is 5.78 Å². The lowest BCUT2D eigenvalue weighted by atomic mass is 9.91. The van der Waals surface area contributed by atoms with Crippen LogP contribution < -0.4 is 0 Å². The van der Waals surface area contributed by atoms with E-state index in [0.717, 1.165) is 37.8 Å². The maximum atomic E-state index is 13.1. The zero-order valence-electron chi connectivity index (χ0n) is 9.01. The second kappa shape index (κ2) is 4.73. The van der Waals surface area contributed by atoms with Gasteiger partial charge in [0, 0.05) is 12.3 Å². The standard InChI is InChI=1S/C13H14F2O/c14-11-7-6-9(8-12(11)15)10-4-2-1-3-5-13(10)16/h6-8,10H,1-5H2. The molecule has 0 heterocycles. The van der Waals surface area contributed by atoms with Crippen molar-refractivity contribution in [2.24, 2.45) is 0 Å². The summed E-state index contributed by atoms with van der Waals surface area (Å²) in [6, 6.07) is 3.78. The molecule has 3 heteroatoms. The van der Waals surface area contributed by atoms with Crippen LogP contribution in [0.2, 0.25) is 0 Å². The number of hydrogen-bond acceptors (Lipinski definition) is 1. The minimum atomic E-state index is -0.866. The minimum Gasteiger partial charge on any atom is -0.299 e. The monoisotopic (exact) mass is 224 g/mol. The molecule has 0 N–H and O–H groups in total. The summed E-state index contributed by atoms with van der Waals surface area (Å²) in [6.45, 7) is 0. The summed E-state index contributed by atoms with van der Waals surface area (Å²) in [5, 5.41) is 0. The zero-order chi connectivity index (χ0) is 11.5. The molecule has 1 saturated carbocycles. The summed E-state index contributed by atoms with van der Waals surface area (Å²) in [5.41, 5.74) is 0.616. The molecule has 2 rings (SSSR count). The van der Waals surface area contributed by atoms with Crippen LogP contribution >= 0.6 is 0 Å². The molecule has 1 atom stereocenters. The van der Waals surface area contributed by atoms with Gasteiger partial charge in [0.2, 0.25) is 0 Å². The van der Waals surface area contributed by atoms with Gasteiger partial charge in [-0.15, -0.1) is 0 Å². The first kappa shape index (κ1) is 11.2. The van der Waals surface area contributed by atoms with Crippen molar-refractivity contribution in [2.45, 2.75) is 38.0 Å². The van der Waals surface area contributed by atoms with Crippen LogP contribution in [0.5, 0.6) is 0 Å². The molecule has 0 aromatic heterocycles. The Balaban J connectivity index is 2.27. The molecule has 0 amide bonds. The van der Waals surface area contributed by atoms with Gasteiger partial charge in [0.1, 0.15) is 5.78 Å². The van der Waals surface area contributed by atoms with Crippen LogP contribution in [-0.4, -0.2) is 5.78 Å². The summed E-state index contributed by atoms with van der Waals surface area (Å²) >= 11 is 0. The van der Waals surface area contributed by atoms with Crippen molar-refractivity contribution in [1.29, 1.82) is 0 Å². The van der Waals surface area contributed by atoms with Crippen LogP contribution in [0.4, 0.5) is 8.78 Å². The van der Waals surface area contributed by atoms with E-state index in [4.69, 9.17) is 0 Å². The number of hydrogen-bond donors (Lipinski definition) is 0. The molecule has 1 aromatic carbocycles. The van der Waals surface area contributed by atoms with Crippen LogP contribution in [0.1, 0.15) is 43.6 Å². The number of benzene rings is 1. The molecule has 0 radical (unpaired) electrons. The number of carbonyl (C=O) groups excluding carboxylic acids is 1. The van der Waals surface area contributed by atoms with Gasteiger partial charge >= 0.3 is 0 Å². The third kappa shape index (κ3) is 2.29. The summed E-state index contributed by atoms with van der Waals surface area (Å²) in [7, 11) is 0. The lowest BCUT2D eigenvalue weighted by Gasteiger charge is -2.13. The highest BCUT2D eigenvalue weighted by atomic mass is 19.2. The number of halogens is 2. The van der Waals surface area contributed by atoms with Crippen molar-refractivity contribution in [3.05, 3.63) is 35.4 Å². The third-order valence-electron chi connectivity index (χ3n) is 3.15. The molecule has 1 aromatic rings. The van der Waals surface area contributed by atoms with E-state index in [1.165, 1.54) is 6.07 Å². The maximum absolute atomic E-state index is 13.1. The Hall–Kier alpha value is -1.25. The predicted octanol–water partition coefficient (Wildman–Crippen LogP) is 3.58. The molecule has 16 heavy (non-hydrogen) atoms. The van der Waals surface area contributed by atoms with Crippen molar-refractivity contribution in [1.82, 2.24) is 0 Å². The van der Waals surface area contributed by atoms with Crippen molar-refractivity contribution in [3.63, 3.8) is 0 Å². The van der Waals surface area contributed by atoms with Gasteiger partial charge in [0.25, 0.3) is 0 Å². The Morgan fingerprint density at radius 3 is 2.62 bits per heavy atom. The van der Waals surface area contributed by atoms with E-state index in [1.807, 2.05) is 0 Å². The fourth-order valence-electron chi connectivity index (χ4n) is 2.24. The van der Waals surface area contributed by atoms with E-state index in [2.05, 4.69) is 0 Å². The first-order valence-corrected chi connectivity index (χ1v) is 5.66. The number of ketones is 1. The van der Waals surface area contributed by atoms with Gasteiger partial charge in [-0.2, -0.15) is 0 Å². The quantitative estimate of drug-likeness (QED) is 0.666. The average molecular weight is 224 g/mol. The summed E-state index contributed by atoms with van der Waals surface area (Å²) in [4.78, 5) is 11.8. The SMILES string of the molecule is O=C1CCCCCC1c1ccc(F)c(F)c1. The van der Waals surface area contributed by atoms with Crippen LogP contribution in [0, 0.1) is 11.6 Å². The second-order valence-corrected chi connectivity index (χ2v) is 4.29. The lowest BCUT2D eigenvalue weighted by molar-refractivity contribution is -0.120. The number of Topliss-reactive ketones (excluding diaryl/α,β-unsaturated/α-hetero) is 1. The Morgan fingerprint density at radius 1 is 1.06 bits per heavy atom. The Labute approximate surface area is 93.5 Å². The van der Waals surface area contributed by atoms with Gasteiger partial charge in [-0.25, -0.2) is 8.78 Å². The molecule has 0 spiro atoms. The molecular formula is C13H14F2O. The fraction of sp³-hybridized carbons (Fsp3) is 0.462. The van der Waals surface area contributed by atoms with Gasteiger partial charge < -0.3 is 0 Å². The normalized spacial score (nSPS) is 21.9. The topological polar surface area (TPSA) is 17.1 Å². The zero-order valence-corrected chi connectivity index (χ0v) is 9.01. The summed E-state index contributed by atoms with van der Waals surface area (Å²) < 4.78 is 25.9. The largest absolute Gasteiger partial charge is 0.299 e.